The molecular formula is C49H36N2O. The Bertz CT molecular complexity index is 2810. The molecule has 1 aromatic heterocycles. The third kappa shape index (κ3) is 4.81. The molecule has 0 saturated heterocycles. The van der Waals surface area contributed by atoms with Crippen LogP contribution in [-0.4, -0.2) is 0 Å². The maximum atomic E-state index is 6.39. The van der Waals surface area contributed by atoms with Crippen LogP contribution in [0.2, 0.25) is 0 Å². The van der Waals surface area contributed by atoms with E-state index in [0.29, 0.717) is 0 Å². The van der Waals surface area contributed by atoms with Gasteiger partial charge in [-0.3, -0.25) is 0 Å². The minimum Gasteiger partial charge on any atom is -0.454 e. The molecule has 0 aliphatic carbocycles. The van der Waals surface area contributed by atoms with Crippen LogP contribution >= 0.6 is 0 Å². The van der Waals surface area contributed by atoms with Crippen molar-refractivity contribution in [2.75, 3.05) is 10.2 Å². The van der Waals surface area contributed by atoms with Gasteiger partial charge in [-0.1, -0.05) is 135 Å². The zero-order chi connectivity index (χ0) is 34.8. The SMILES string of the molecule is CC1(C)c2ccccc2N(c2ccc3ccccc3c2)c2ccc(-c3ccc(Nc4cccc5c4oc4ccccc45)c(-c4ccccc4)c3)cc21. The number of fused-ring (bicyclic) bond motifs is 6. The Hall–Kier alpha value is -6.58. The van der Waals surface area contributed by atoms with E-state index in [4.69, 9.17) is 4.42 Å². The monoisotopic (exact) mass is 668 g/mol. The molecule has 248 valence electrons. The average molecular weight is 669 g/mol. The van der Waals surface area contributed by atoms with Gasteiger partial charge in [-0.15, -0.1) is 0 Å². The van der Waals surface area contributed by atoms with Crippen LogP contribution in [0.25, 0.3) is 55.0 Å². The molecule has 2 heterocycles. The maximum Gasteiger partial charge on any atom is 0.158 e. The largest absolute Gasteiger partial charge is 0.454 e. The molecule has 1 N–H and O–H groups in total. The Balaban J connectivity index is 1.10. The van der Waals surface area contributed by atoms with Gasteiger partial charge in [0, 0.05) is 33.1 Å². The summed E-state index contributed by atoms with van der Waals surface area (Å²) in [5.41, 5.74) is 14.4. The first kappa shape index (κ1) is 30.3. The van der Waals surface area contributed by atoms with Crippen LogP contribution in [-0.2, 0) is 5.41 Å². The standard InChI is InChI=1S/C49H36N2O/c1-49(2)41-19-9-10-21-45(41)51(37-26-23-32-13-6-7-16-34(32)29-37)46-28-25-36(31-42(46)49)35-24-27-43(40(30-35)33-14-4-3-5-15-33)50-44-20-12-18-39-38-17-8-11-22-47(38)52-48(39)44/h3-31,50H,1-2H3. The van der Waals surface area contributed by atoms with Crippen molar-refractivity contribution < 1.29 is 4.42 Å². The first-order chi connectivity index (χ1) is 25.5. The van der Waals surface area contributed by atoms with Gasteiger partial charge >= 0.3 is 0 Å². The smallest absolute Gasteiger partial charge is 0.158 e. The summed E-state index contributed by atoms with van der Waals surface area (Å²) in [4.78, 5) is 2.44. The highest BCUT2D eigenvalue weighted by atomic mass is 16.3. The third-order valence-electron chi connectivity index (χ3n) is 10.8. The third-order valence-corrected chi connectivity index (χ3v) is 10.8. The van der Waals surface area contributed by atoms with Crippen LogP contribution in [0.1, 0.15) is 25.0 Å². The lowest BCUT2D eigenvalue weighted by atomic mass is 9.73. The molecule has 1 aliphatic heterocycles. The van der Waals surface area contributed by atoms with Gasteiger partial charge in [-0.2, -0.15) is 0 Å². The molecule has 0 bridgehead atoms. The summed E-state index contributed by atoms with van der Waals surface area (Å²) < 4.78 is 6.39. The number of nitrogens with one attached hydrogen (secondary N) is 1. The van der Waals surface area contributed by atoms with E-state index in [2.05, 4.69) is 188 Å². The lowest BCUT2D eigenvalue weighted by Crippen LogP contribution is -2.30. The van der Waals surface area contributed by atoms with Gasteiger partial charge in [0.05, 0.1) is 17.1 Å². The molecule has 10 rings (SSSR count). The Kier molecular flexibility index (Phi) is 6.84. The van der Waals surface area contributed by atoms with Crippen LogP contribution in [0.15, 0.2) is 180 Å². The van der Waals surface area contributed by atoms with Gasteiger partial charge < -0.3 is 14.6 Å². The number of hydrogen-bond donors (Lipinski definition) is 1. The highest BCUT2D eigenvalue weighted by Gasteiger charge is 2.37. The number of anilines is 5. The molecule has 52 heavy (non-hydrogen) atoms. The van der Waals surface area contributed by atoms with E-state index in [1.165, 1.54) is 44.4 Å². The lowest BCUT2D eigenvalue weighted by molar-refractivity contribution is 0.632. The van der Waals surface area contributed by atoms with E-state index in [9.17, 15) is 0 Å². The molecule has 1 aliphatic rings. The zero-order valence-electron chi connectivity index (χ0n) is 29.1. The van der Waals surface area contributed by atoms with Crippen LogP contribution in [0.3, 0.4) is 0 Å². The van der Waals surface area contributed by atoms with E-state index in [0.717, 1.165) is 50.1 Å². The van der Waals surface area contributed by atoms with Crippen molar-refractivity contribution in [1.82, 2.24) is 0 Å². The first-order valence-corrected chi connectivity index (χ1v) is 17.9. The molecule has 0 spiro atoms. The Morgan fingerprint density at radius 3 is 2.10 bits per heavy atom. The predicted molar refractivity (Wildman–Crippen MR) is 219 cm³/mol. The minimum atomic E-state index is -0.204. The summed E-state index contributed by atoms with van der Waals surface area (Å²) in [5, 5.41) is 8.47. The molecule has 0 amide bonds. The molecule has 3 heteroatoms. The fourth-order valence-corrected chi connectivity index (χ4v) is 8.16. The van der Waals surface area contributed by atoms with Gasteiger partial charge in [-0.25, -0.2) is 0 Å². The van der Waals surface area contributed by atoms with Crippen molar-refractivity contribution in [1.29, 1.82) is 0 Å². The quantitative estimate of drug-likeness (QED) is 0.198. The molecule has 0 fully saturated rings. The van der Waals surface area contributed by atoms with Crippen molar-refractivity contribution in [3.05, 3.63) is 187 Å². The molecule has 9 aromatic rings. The van der Waals surface area contributed by atoms with E-state index in [1.54, 1.807) is 0 Å². The van der Waals surface area contributed by atoms with Gasteiger partial charge in [-0.05, 0) is 93.2 Å². The van der Waals surface area contributed by atoms with E-state index in [1.807, 2.05) is 12.1 Å². The normalized spacial score (nSPS) is 13.3. The van der Waals surface area contributed by atoms with Crippen LogP contribution in [0.5, 0.6) is 0 Å². The summed E-state index contributed by atoms with van der Waals surface area (Å²) in [6.07, 6.45) is 0. The maximum absolute atomic E-state index is 6.39. The zero-order valence-corrected chi connectivity index (χ0v) is 29.1. The van der Waals surface area contributed by atoms with Gasteiger partial charge in [0.25, 0.3) is 0 Å². The summed E-state index contributed by atoms with van der Waals surface area (Å²) in [5.74, 6) is 0. The summed E-state index contributed by atoms with van der Waals surface area (Å²) in [6.45, 7) is 4.71. The predicted octanol–water partition coefficient (Wildman–Crippen LogP) is 13.9. The molecule has 0 radical (unpaired) electrons. The lowest BCUT2D eigenvalue weighted by Gasteiger charge is -2.42. The second-order valence-corrected chi connectivity index (χ2v) is 14.3. The fraction of sp³-hybridized carbons (Fsp3) is 0.0612. The van der Waals surface area contributed by atoms with Crippen LogP contribution in [0, 0.1) is 0 Å². The van der Waals surface area contributed by atoms with E-state index in [-0.39, 0.29) is 5.41 Å². The van der Waals surface area contributed by atoms with Crippen molar-refractivity contribution >= 4 is 61.1 Å². The number of furan rings is 1. The molecule has 0 unspecified atom stereocenters. The second kappa shape index (κ2) is 11.8. The second-order valence-electron chi connectivity index (χ2n) is 14.3. The Morgan fingerprint density at radius 2 is 1.19 bits per heavy atom. The van der Waals surface area contributed by atoms with Crippen molar-refractivity contribution in [2.45, 2.75) is 19.3 Å². The van der Waals surface area contributed by atoms with Crippen LogP contribution < -0.4 is 10.2 Å². The van der Waals surface area contributed by atoms with Crippen molar-refractivity contribution in [2.24, 2.45) is 0 Å². The number of benzene rings is 8. The van der Waals surface area contributed by atoms with Crippen molar-refractivity contribution in [3.8, 4) is 22.3 Å². The van der Waals surface area contributed by atoms with E-state index >= 15 is 0 Å². The molecule has 8 aromatic carbocycles. The van der Waals surface area contributed by atoms with E-state index < -0.39 is 0 Å². The van der Waals surface area contributed by atoms with Gasteiger partial charge in [0.15, 0.2) is 5.58 Å². The summed E-state index contributed by atoms with van der Waals surface area (Å²) >= 11 is 0. The number of para-hydroxylation sites is 3. The summed E-state index contributed by atoms with van der Waals surface area (Å²) in [6, 6.07) is 63.2. The topological polar surface area (TPSA) is 28.4 Å². The highest BCUT2D eigenvalue weighted by molar-refractivity contribution is 6.09. The number of rotatable bonds is 5. The molecule has 3 nitrogen and oxygen atoms in total. The number of hydrogen-bond acceptors (Lipinski definition) is 3. The molecular weight excluding hydrogens is 633 g/mol. The molecule has 0 atom stereocenters. The van der Waals surface area contributed by atoms with Crippen LogP contribution in [0.4, 0.5) is 28.4 Å². The Labute approximate surface area is 303 Å². The highest BCUT2D eigenvalue weighted by Crippen LogP contribution is 2.53. The average Bonchev–Trinajstić information content (AvgIpc) is 3.58. The first-order valence-electron chi connectivity index (χ1n) is 17.9. The Morgan fingerprint density at radius 1 is 0.481 bits per heavy atom. The van der Waals surface area contributed by atoms with Crippen molar-refractivity contribution in [3.63, 3.8) is 0 Å². The van der Waals surface area contributed by atoms with Gasteiger partial charge in [0.2, 0.25) is 0 Å². The molecule has 0 saturated carbocycles. The minimum absolute atomic E-state index is 0.204. The fourth-order valence-electron chi connectivity index (χ4n) is 8.16. The van der Waals surface area contributed by atoms with Gasteiger partial charge in [0.1, 0.15) is 5.58 Å². The summed E-state index contributed by atoms with van der Waals surface area (Å²) in [7, 11) is 0. The number of nitrogens with zero attached hydrogens (tertiary/aromatic N) is 1.